The summed E-state index contributed by atoms with van der Waals surface area (Å²) >= 11 is 1.44. The molecule has 0 fully saturated rings. The fourth-order valence-electron chi connectivity index (χ4n) is 2.33. The highest BCUT2D eigenvalue weighted by Crippen LogP contribution is 2.25. The molecule has 0 spiro atoms. The number of amides is 1. The van der Waals surface area contributed by atoms with Gasteiger partial charge in [0.1, 0.15) is 29.7 Å². The summed E-state index contributed by atoms with van der Waals surface area (Å²) in [5.74, 6) is -0.920. The number of hydrogen-bond donors (Lipinski definition) is 1. The molecule has 0 aliphatic carbocycles. The van der Waals surface area contributed by atoms with Gasteiger partial charge in [-0.3, -0.25) is 9.59 Å². The standard InChI is InChI=1S/C20H17FN2O4S/c1-26-17-7-5-13(6-8-17)20-23-16(12-28-20)11-27-18(24)10-22-19(25)14-3-2-4-15(21)9-14/h2-9,12H,10-11H2,1H3,(H,22,25). The molecule has 0 aliphatic heterocycles. The molecule has 0 bridgehead atoms. The molecule has 3 aromatic rings. The van der Waals surface area contributed by atoms with Gasteiger partial charge >= 0.3 is 5.97 Å². The summed E-state index contributed by atoms with van der Waals surface area (Å²) in [6, 6.07) is 12.7. The van der Waals surface area contributed by atoms with E-state index in [-0.39, 0.29) is 18.7 Å². The Morgan fingerprint density at radius 2 is 1.96 bits per heavy atom. The van der Waals surface area contributed by atoms with Crippen molar-refractivity contribution in [2.45, 2.75) is 6.61 Å². The Morgan fingerprint density at radius 1 is 1.18 bits per heavy atom. The van der Waals surface area contributed by atoms with Crippen molar-refractivity contribution in [3.63, 3.8) is 0 Å². The zero-order valence-corrected chi connectivity index (χ0v) is 15.8. The van der Waals surface area contributed by atoms with Crippen molar-refractivity contribution >= 4 is 23.2 Å². The van der Waals surface area contributed by atoms with Crippen LogP contribution in [0, 0.1) is 5.82 Å². The number of nitrogens with zero attached hydrogens (tertiary/aromatic N) is 1. The van der Waals surface area contributed by atoms with Crippen LogP contribution in [-0.2, 0) is 16.1 Å². The Morgan fingerprint density at radius 3 is 2.68 bits per heavy atom. The third-order valence-electron chi connectivity index (χ3n) is 3.75. The van der Waals surface area contributed by atoms with Crippen molar-refractivity contribution in [1.82, 2.24) is 10.3 Å². The second kappa shape index (κ2) is 9.09. The second-order valence-corrected chi connectivity index (χ2v) is 6.58. The zero-order chi connectivity index (χ0) is 19.9. The molecule has 8 heteroatoms. The lowest BCUT2D eigenvalue weighted by Gasteiger charge is -2.05. The van der Waals surface area contributed by atoms with Gasteiger partial charge in [-0.15, -0.1) is 11.3 Å². The van der Waals surface area contributed by atoms with Crippen LogP contribution in [0.3, 0.4) is 0 Å². The molecular formula is C20H17FN2O4S. The molecule has 3 rings (SSSR count). The molecule has 0 saturated heterocycles. The molecule has 0 radical (unpaired) electrons. The first-order chi connectivity index (χ1) is 13.5. The van der Waals surface area contributed by atoms with Gasteiger partial charge in [0.2, 0.25) is 0 Å². The van der Waals surface area contributed by atoms with E-state index in [9.17, 15) is 14.0 Å². The van der Waals surface area contributed by atoms with Crippen molar-refractivity contribution < 1.29 is 23.5 Å². The normalized spacial score (nSPS) is 10.4. The summed E-state index contributed by atoms with van der Waals surface area (Å²) in [5, 5.41) is 5.00. The fraction of sp³-hybridized carbons (Fsp3) is 0.150. The maximum atomic E-state index is 13.1. The van der Waals surface area contributed by atoms with E-state index in [4.69, 9.17) is 9.47 Å². The van der Waals surface area contributed by atoms with Gasteiger partial charge in [0.15, 0.2) is 0 Å². The van der Waals surface area contributed by atoms with Gasteiger partial charge in [-0.05, 0) is 42.5 Å². The molecule has 1 heterocycles. The first-order valence-corrected chi connectivity index (χ1v) is 9.21. The minimum Gasteiger partial charge on any atom is -0.497 e. The Labute approximate surface area is 164 Å². The maximum absolute atomic E-state index is 13.1. The third kappa shape index (κ3) is 5.14. The number of nitrogens with one attached hydrogen (secondary N) is 1. The number of aromatic nitrogens is 1. The Balaban J connectivity index is 1.48. The van der Waals surface area contributed by atoms with Crippen LogP contribution in [-0.4, -0.2) is 30.5 Å². The summed E-state index contributed by atoms with van der Waals surface area (Å²) in [7, 11) is 1.60. The summed E-state index contributed by atoms with van der Waals surface area (Å²) in [6.07, 6.45) is 0. The SMILES string of the molecule is COc1ccc(-c2nc(COC(=O)CNC(=O)c3cccc(F)c3)cs2)cc1. The summed E-state index contributed by atoms with van der Waals surface area (Å²) < 4.78 is 23.4. The molecule has 144 valence electrons. The van der Waals surface area contributed by atoms with E-state index in [0.29, 0.717) is 5.69 Å². The average Bonchev–Trinajstić information content (AvgIpc) is 3.19. The van der Waals surface area contributed by atoms with Crippen LogP contribution >= 0.6 is 11.3 Å². The van der Waals surface area contributed by atoms with Crippen molar-refractivity contribution in [2.24, 2.45) is 0 Å². The van der Waals surface area contributed by atoms with Gasteiger partial charge < -0.3 is 14.8 Å². The molecule has 6 nitrogen and oxygen atoms in total. The molecule has 0 aliphatic rings. The van der Waals surface area contributed by atoms with Crippen LogP contribution < -0.4 is 10.1 Å². The Bertz CT molecular complexity index is 972. The van der Waals surface area contributed by atoms with E-state index in [1.165, 1.54) is 29.5 Å². The van der Waals surface area contributed by atoms with E-state index in [1.807, 2.05) is 24.3 Å². The minimum absolute atomic E-state index is 0.00131. The van der Waals surface area contributed by atoms with Crippen LogP contribution in [0.1, 0.15) is 16.1 Å². The highest BCUT2D eigenvalue weighted by atomic mass is 32.1. The zero-order valence-electron chi connectivity index (χ0n) is 15.0. The quantitative estimate of drug-likeness (QED) is 0.615. The molecule has 1 aromatic heterocycles. The fourth-order valence-corrected chi connectivity index (χ4v) is 3.14. The van der Waals surface area contributed by atoms with E-state index in [0.717, 1.165) is 22.4 Å². The van der Waals surface area contributed by atoms with Gasteiger partial charge in [0.05, 0.1) is 12.8 Å². The molecule has 0 atom stereocenters. The van der Waals surface area contributed by atoms with E-state index < -0.39 is 17.7 Å². The summed E-state index contributed by atoms with van der Waals surface area (Å²) in [4.78, 5) is 28.1. The number of esters is 1. The lowest BCUT2D eigenvalue weighted by atomic mass is 10.2. The number of thiazole rings is 1. The van der Waals surface area contributed by atoms with Gasteiger partial charge in [0.25, 0.3) is 5.91 Å². The first kappa shape index (κ1) is 19.5. The lowest BCUT2D eigenvalue weighted by molar-refractivity contribution is -0.143. The third-order valence-corrected chi connectivity index (χ3v) is 4.69. The highest BCUT2D eigenvalue weighted by molar-refractivity contribution is 7.13. The smallest absolute Gasteiger partial charge is 0.325 e. The maximum Gasteiger partial charge on any atom is 0.325 e. The van der Waals surface area contributed by atoms with Crippen molar-refractivity contribution in [1.29, 1.82) is 0 Å². The first-order valence-electron chi connectivity index (χ1n) is 8.33. The molecule has 1 N–H and O–H groups in total. The molecule has 28 heavy (non-hydrogen) atoms. The number of rotatable bonds is 7. The minimum atomic E-state index is -0.608. The van der Waals surface area contributed by atoms with Gasteiger partial charge in [-0.25, -0.2) is 9.37 Å². The number of hydrogen-bond acceptors (Lipinski definition) is 6. The number of carbonyl (C=O) groups is 2. The van der Waals surface area contributed by atoms with Crippen molar-refractivity contribution in [2.75, 3.05) is 13.7 Å². The Hall–Kier alpha value is -3.26. The summed E-state index contributed by atoms with van der Waals surface area (Å²) in [5.41, 5.74) is 1.68. The van der Waals surface area contributed by atoms with Crippen molar-refractivity contribution in [3.8, 4) is 16.3 Å². The number of methoxy groups -OCH3 is 1. The van der Waals surface area contributed by atoms with Crippen LogP contribution in [0.2, 0.25) is 0 Å². The number of carbonyl (C=O) groups excluding carboxylic acids is 2. The number of benzene rings is 2. The molecular weight excluding hydrogens is 383 g/mol. The van der Waals surface area contributed by atoms with Crippen LogP contribution in [0.15, 0.2) is 53.9 Å². The number of ether oxygens (including phenoxy) is 2. The van der Waals surface area contributed by atoms with E-state index in [1.54, 1.807) is 12.5 Å². The van der Waals surface area contributed by atoms with Crippen molar-refractivity contribution in [3.05, 3.63) is 71.0 Å². The van der Waals surface area contributed by atoms with Crippen LogP contribution in [0.5, 0.6) is 5.75 Å². The monoisotopic (exact) mass is 400 g/mol. The molecule has 0 unspecified atom stereocenters. The van der Waals surface area contributed by atoms with Gasteiger partial charge in [-0.2, -0.15) is 0 Å². The van der Waals surface area contributed by atoms with E-state index >= 15 is 0 Å². The largest absolute Gasteiger partial charge is 0.497 e. The van der Waals surface area contributed by atoms with Gasteiger partial charge in [0, 0.05) is 16.5 Å². The molecule has 1 amide bonds. The van der Waals surface area contributed by atoms with Crippen LogP contribution in [0.4, 0.5) is 4.39 Å². The number of halogens is 1. The van der Waals surface area contributed by atoms with E-state index in [2.05, 4.69) is 10.3 Å². The average molecular weight is 400 g/mol. The predicted molar refractivity (Wildman–Crippen MR) is 103 cm³/mol. The lowest BCUT2D eigenvalue weighted by Crippen LogP contribution is -2.30. The Kier molecular flexibility index (Phi) is 6.33. The predicted octanol–water partition coefficient (Wildman–Crippen LogP) is 3.43. The molecule has 2 aromatic carbocycles. The second-order valence-electron chi connectivity index (χ2n) is 5.73. The van der Waals surface area contributed by atoms with Gasteiger partial charge in [-0.1, -0.05) is 6.07 Å². The summed E-state index contributed by atoms with van der Waals surface area (Å²) in [6.45, 7) is -0.313. The highest BCUT2D eigenvalue weighted by Gasteiger charge is 2.11. The topological polar surface area (TPSA) is 77.5 Å². The molecule has 0 saturated carbocycles. The van der Waals surface area contributed by atoms with Crippen LogP contribution in [0.25, 0.3) is 10.6 Å².